The lowest BCUT2D eigenvalue weighted by atomic mass is 10.0. The van der Waals surface area contributed by atoms with Crippen molar-refractivity contribution in [1.29, 1.82) is 0 Å². The third-order valence-corrected chi connectivity index (χ3v) is 10.4. The van der Waals surface area contributed by atoms with E-state index in [4.69, 9.17) is 14.2 Å². The fourth-order valence-electron chi connectivity index (χ4n) is 6.83. The quantitative estimate of drug-likeness (QED) is 0.0264. The van der Waals surface area contributed by atoms with Crippen molar-refractivity contribution in [3.63, 3.8) is 0 Å². The van der Waals surface area contributed by atoms with Crippen molar-refractivity contribution >= 4 is 17.9 Å². The Morgan fingerprint density at radius 3 is 1.33 bits per heavy atom. The summed E-state index contributed by atoms with van der Waals surface area (Å²) in [6.45, 7) is 4.67. The summed E-state index contributed by atoms with van der Waals surface area (Å²) in [5.41, 5.74) is 0. The van der Waals surface area contributed by atoms with Gasteiger partial charge in [-0.05, 0) is 38.5 Å². The molecule has 0 saturated heterocycles. The van der Waals surface area contributed by atoms with Crippen molar-refractivity contribution in [3.05, 3.63) is 12.2 Å². The van der Waals surface area contributed by atoms with Gasteiger partial charge in [-0.1, -0.05) is 167 Å². The van der Waals surface area contributed by atoms with Crippen LogP contribution in [0.2, 0.25) is 0 Å². The minimum atomic E-state index is -1.12. The predicted octanol–water partition coefficient (Wildman–Crippen LogP) is 11.0. The van der Waals surface area contributed by atoms with Gasteiger partial charge in [-0.3, -0.25) is 9.59 Å². The number of quaternary nitrogens is 1. The lowest BCUT2D eigenvalue weighted by Crippen LogP contribution is -2.55. The van der Waals surface area contributed by atoms with Gasteiger partial charge in [-0.15, -0.1) is 0 Å². The van der Waals surface area contributed by atoms with Crippen LogP contribution in [0.4, 0.5) is 0 Å². The molecule has 8 heteroatoms. The van der Waals surface area contributed by atoms with Gasteiger partial charge in [-0.2, -0.15) is 0 Å². The Bertz CT molecular complexity index is 900. The molecule has 0 rings (SSSR count). The summed E-state index contributed by atoms with van der Waals surface area (Å²) in [4.78, 5) is 36.8. The van der Waals surface area contributed by atoms with Crippen molar-refractivity contribution in [2.45, 2.75) is 225 Å². The first-order valence-corrected chi connectivity index (χ1v) is 22.7. The van der Waals surface area contributed by atoms with Gasteiger partial charge in [0, 0.05) is 19.3 Å². The number of unbranched alkanes of at least 4 members (excludes halogenated alkanes) is 25. The molecule has 0 aromatic rings. The number of nitrogens with zero attached hydrogens (tertiary/aromatic N) is 1. The van der Waals surface area contributed by atoms with E-state index in [-0.39, 0.29) is 42.7 Å². The number of ether oxygens (including phenoxy) is 3. The third kappa shape index (κ3) is 35.8. The van der Waals surface area contributed by atoms with Crippen LogP contribution in [0.1, 0.15) is 213 Å². The molecule has 0 bridgehead atoms. The summed E-state index contributed by atoms with van der Waals surface area (Å²) >= 11 is 0. The molecule has 0 aliphatic rings. The number of aliphatic carboxylic acids is 1. The Morgan fingerprint density at radius 2 is 0.926 bits per heavy atom. The van der Waals surface area contributed by atoms with Gasteiger partial charge in [0.05, 0.1) is 40.3 Å². The van der Waals surface area contributed by atoms with Crippen LogP contribution in [-0.4, -0.2) is 75.5 Å². The molecule has 0 aliphatic carbocycles. The van der Waals surface area contributed by atoms with Crippen LogP contribution in [0, 0.1) is 0 Å². The number of carbonyl (C=O) groups excluding carboxylic acids is 3. The molecule has 2 unspecified atom stereocenters. The van der Waals surface area contributed by atoms with Gasteiger partial charge in [0.1, 0.15) is 12.6 Å². The molecule has 0 saturated carbocycles. The Labute approximate surface area is 333 Å². The summed E-state index contributed by atoms with van der Waals surface area (Å²) < 4.78 is 17.2. The molecule has 54 heavy (non-hydrogen) atoms. The molecule has 0 spiro atoms. The maximum Gasteiger partial charge on any atom is 0.306 e. The van der Waals surface area contributed by atoms with E-state index in [1.807, 2.05) is 0 Å². The van der Waals surface area contributed by atoms with E-state index < -0.39 is 18.1 Å². The number of esters is 2. The van der Waals surface area contributed by atoms with E-state index in [0.29, 0.717) is 12.8 Å². The highest BCUT2D eigenvalue weighted by atomic mass is 16.6. The minimum absolute atomic E-state index is 0.0451. The predicted molar refractivity (Wildman–Crippen MR) is 222 cm³/mol. The number of carbonyl (C=O) groups is 3. The van der Waals surface area contributed by atoms with E-state index in [2.05, 4.69) is 26.0 Å². The monoisotopic (exact) mass is 766 g/mol. The van der Waals surface area contributed by atoms with Crippen LogP contribution in [0.15, 0.2) is 12.2 Å². The van der Waals surface area contributed by atoms with Crippen LogP contribution >= 0.6 is 0 Å². The average Bonchev–Trinajstić information content (AvgIpc) is 3.12. The molecule has 8 nitrogen and oxygen atoms in total. The smallest absolute Gasteiger partial charge is 0.306 e. The highest BCUT2D eigenvalue weighted by molar-refractivity contribution is 5.70. The first-order valence-electron chi connectivity index (χ1n) is 22.7. The molecular weight excluding hydrogens is 679 g/mol. The second-order valence-corrected chi connectivity index (χ2v) is 16.6. The second kappa shape index (κ2) is 38.0. The topological polar surface area (TPSA) is 102 Å². The van der Waals surface area contributed by atoms with Crippen LogP contribution < -0.4 is 5.11 Å². The molecule has 0 aromatic heterocycles. The highest BCUT2D eigenvalue weighted by Gasteiger charge is 2.25. The van der Waals surface area contributed by atoms with E-state index in [1.165, 1.54) is 141 Å². The highest BCUT2D eigenvalue weighted by Crippen LogP contribution is 2.15. The fourth-order valence-corrected chi connectivity index (χ4v) is 6.83. The Hall–Kier alpha value is -1.93. The molecule has 318 valence electrons. The number of hydrogen-bond donors (Lipinski definition) is 0. The first-order chi connectivity index (χ1) is 26.1. The van der Waals surface area contributed by atoms with Gasteiger partial charge in [-0.25, -0.2) is 0 Å². The van der Waals surface area contributed by atoms with Gasteiger partial charge in [0.15, 0.2) is 6.10 Å². The molecular formula is C46H87NO7. The normalized spacial score (nSPS) is 13.0. The van der Waals surface area contributed by atoms with E-state index in [9.17, 15) is 19.5 Å². The summed E-state index contributed by atoms with van der Waals surface area (Å²) in [6.07, 6.45) is 39.4. The second-order valence-electron chi connectivity index (χ2n) is 16.6. The maximum atomic E-state index is 12.7. The Kier molecular flexibility index (Phi) is 36.6. The van der Waals surface area contributed by atoms with Gasteiger partial charge < -0.3 is 28.6 Å². The lowest BCUT2D eigenvalue weighted by molar-refractivity contribution is -0.889. The molecule has 0 N–H and O–H groups in total. The molecule has 0 fully saturated rings. The van der Waals surface area contributed by atoms with Crippen molar-refractivity contribution in [3.8, 4) is 0 Å². The Balaban J connectivity index is 4.29. The zero-order chi connectivity index (χ0) is 40.0. The zero-order valence-electron chi connectivity index (χ0n) is 36.2. The maximum absolute atomic E-state index is 12.7. The molecule has 0 amide bonds. The number of carboxylic acids is 1. The molecule has 0 heterocycles. The summed E-state index contributed by atoms with van der Waals surface area (Å²) in [5, 5.41) is 11.6. The van der Waals surface area contributed by atoms with E-state index in [0.717, 1.165) is 38.5 Å². The van der Waals surface area contributed by atoms with Crippen LogP contribution in [-0.2, 0) is 28.6 Å². The van der Waals surface area contributed by atoms with E-state index in [1.54, 1.807) is 21.1 Å². The SMILES string of the molecule is CCCCCCCC/C=C/CCCCCCCCCC(=O)OCC(COCCC(C(=O)[O-])[N+](C)(C)C)OC(=O)CCCCCCCCCCCCCCC. The van der Waals surface area contributed by atoms with Gasteiger partial charge in [0.2, 0.25) is 0 Å². The number of hydrogen-bond acceptors (Lipinski definition) is 7. The van der Waals surface area contributed by atoms with Gasteiger partial charge in [0.25, 0.3) is 0 Å². The number of rotatable bonds is 41. The molecule has 0 aromatic carbocycles. The van der Waals surface area contributed by atoms with Crippen molar-refractivity contribution < 1.29 is 38.2 Å². The van der Waals surface area contributed by atoms with Gasteiger partial charge >= 0.3 is 11.9 Å². The average molecular weight is 766 g/mol. The minimum Gasteiger partial charge on any atom is -0.544 e. The zero-order valence-corrected chi connectivity index (χ0v) is 36.2. The van der Waals surface area contributed by atoms with Crippen molar-refractivity contribution in [1.82, 2.24) is 0 Å². The molecule has 2 atom stereocenters. The summed E-state index contributed by atoms with van der Waals surface area (Å²) in [5.74, 6) is -1.73. The largest absolute Gasteiger partial charge is 0.544 e. The van der Waals surface area contributed by atoms with Crippen molar-refractivity contribution in [2.24, 2.45) is 0 Å². The third-order valence-electron chi connectivity index (χ3n) is 10.4. The number of carboxylic acid groups (broad SMARTS) is 1. The van der Waals surface area contributed by atoms with Crippen molar-refractivity contribution in [2.75, 3.05) is 41.0 Å². The van der Waals surface area contributed by atoms with Crippen LogP contribution in [0.5, 0.6) is 0 Å². The summed E-state index contributed by atoms with van der Waals surface area (Å²) in [6, 6.07) is -0.721. The van der Waals surface area contributed by atoms with Crippen LogP contribution in [0.3, 0.4) is 0 Å². The standard InChI is InChI=1S/C46H87NO7/c1-6-8-10-12-14-16-18-20-21-22-23-25-26-28-30-32-34-36-44(48)53-41-42(40-52-39-38-43(46(50)51)47(3,4)5)54-45(49)37-35-33-31-29-27-24-19-17-15-13-11-9-7-2/h20-21,42-43H,6-19,22-41H2,1-5H3/b21-20+. The summed E-state index contributed by atoms with van der Waals surface area (Å²) in [7, 11) is 5.41. The Morgan fingerprint density at radius 1 is 0.537 bits per heavy atom. The van der Waals surface area contributed by atoms with E-state index >= 15 is 0 Å². The van der Waals surface area contributed by atoms with Crippen LogP contribution in [0.25, 0.3) is 0 Å². The number of likely N-dealkylation sites (N-methyl/N-ethyl adjacent to an activating group) is 1. The molecule has 0 aliphatic heterocycles. The number of allylic oxidation sites excluding steroid dienone is 2. The first kappa shape index (κ1) is 52.1. The molecule has 0 radical (unpaired) electrons. The fraction of sp³-hybridized carbons (Fsp3) is 0.891. The lowest BCUT2D eigenvalue weighted by Gasteiger charge is -2.34.